The minimum atomic E-state index is -0.208. The van der Waals surface area contributed by atoms with E-state index >= 15 is 0 Å². The molecule has 0 saturated heterocycles. The minimum absolute atomic E-state index is 0. The third kappa shape index (κ3) is 15.6. The Morgan fingerprint density at radius 2 is 0.943 bits per heavy atom. The van der Waals surface area contributed by atoms with E-state index in [1.54, 1.807) is 12.1 Å². The van der Waals surface area contributed by atoms with Crippen molar-refractivity contribution in [2.75, 3.05) is 40.4 Å². The van der Waals surface area contributed by atoms with Crippen molar-refractivity contribution >= 4 is 46.4 Å². The van der Waals surface area contributed by atoms with Gasteiger partial charge >= 0.3 is 21.7 Å². The molecular formula is C24H32Cl4N2O4Ti. The molecule has 0 aromatic heterocycles. The van der Waals surface area contributed by atoms with Gasteiger partial charge in [-0.05, 0) is 49.5 Å². The Balaban J connectivity index is 0. The fourth-order valence-electron chi connectivity index (χ4n) is 2.54. The standard InChI is InChI=1S/C18H20Cl4N2O2.2C3H7O.Ti/c1-23(9-11-5-13(19)7-15(21)17(11)25)3-4-24(2)10-12-6-14(20)8-16(22)18(12)26;2*1-2-3-4;/h5-8,25-26H,3-4,9-10H2,1-2H3;2*2-3H2,1H3;/q;2*-1;+4/p-2. The second-order valence-corrected chi connectivity index (χ2v) is 9.32. The minimum Gasteiger partial charge on any atom is -0.871 e. The van der Waals surface area contributed by atoms with Crippen molar-refractivity contribution in [3.05, 3.63) is 55.5 Å². The van der Waals surface area contributed by atoms with Gasteiger partial charge in [-0.3, -0.25) is 0 Å². The molecule has 0 bridgehead atoms. The second-order valence-electron chi connectivity index (χ2n) is 7.64. The zero-order valence-electron chi connectivity index (χ0n) is 20.5. The summed E-state index contributed by atoms with van der Waals surface area (Å²) in [7, 11) is 3.80. The van der Waals surface area contributed by atoms with Crippen molar-refractivity contribution in [1.29, 1.82) is 0 Å². The molecule has 6 nitrogen and oxygen atoms in total. The van der Waals surface area contributed by atoms with Crippen LogP contribution < -0.4 is 20.4 Å². The summed E-state index contributed by atoms with van der Waals surface area (Å²) in [5.41, 5.74) is 1.10. The van der Waals surface area contributed by atoms with Gasteiger partial charge in [0.15, 0.2) is 0 Å². The first-order chi connectivity index (χ1) is 16.0. The normalized spacial score (nSPS) is 10.3. The van der Waals surface area contributed by atoms with Crippen molar-refractivity contribution < 1.29 is 42.1 Å². The van der Waals surface area contributed by atoms with Crippen LogP contribution in [0.3, 0.4) is 0 Å². The summed E-state index contributed by atoms with van der Waals surface area (Å²) in [4.78, 5) is 3.98. The molecule has 0 aliphatic heterocycles. The summed E-state index contributed by atoms with van der Waals surface area (Å²) in [5, 5.41) is 43.8. The summed E-state index contributed by atoms with van der Waals surface area (Å²) in [6.45, 7) is 6.11. The number of nitrogens with zero attached hydrogens (tertiary/aromatic N) is 2. The SMILES string of the molecule is CCC[O-].CCC[O-].CN(CCN(C)Cc1cc(Cl)cc(Cl)c1[O-])Cc1cc(Cl)cc(Cl)c1[O-].[Ti+4]. The first-order valence-electron chi connectivity index (χ1n) is 10.8. The van der Waals surface area contributed by atoms with Crippen LogP contribution in [0.5, 0.6) is 11.5 Å². The van der Waals surface area contributed by atoms with E-state index < -0.39 is 0 Å². The third-order valence-corrected chi connectivity index (χ3v) is 5.32. The average molecular weight is 602 g/mol. The molecule has 0 heterocycles. The van der Waals surface area contributed by atoms with Crippen LogP contribution in [0.4, 0.5) is 0 Å². The smallest absolute Gasteiger partial charge is 0.871 e. The molecular weight excluding hydrogens is 570 g/mol. The Kier molecular flexibility index (Phi) is 21.9. The van der Waals surface area contributed by atoms with Crippen LogP contribution in [-0.2, 0) is 34.8 Å². The molecule has 0 saturated carbocycles. The van der Waals surface area contributed by atoms with E-state index in [-0.39, 0.29) is 56.5 Å². The monoisotopic (exact) mass is 600 g/mol. The van der Waals surface area contributed by atoms with Crippen LogP contribution in [0, 0.1) is 0 Å². The van der Waals surface area contributed by atoms with E-state index in [0.29, 0.717) is 47.4 Å². The number of benzene rings is 2. The van der Waals surface area contributed by atoms with Gasteiger partial charge in [-0.15, -0.1) is 13.2 Å². The average Bonchev–Trinajstić information content (AvgIpc) is 2.79. The zero-order chi connectivity index (χ0) is 26.3. The Bertz CT molecular complexity index is 789. The predicted octanol–water partition coefficient (Wildman–Crippen LogP) is 3.52. The van der Waals surface area contributed by atoms with Gasteiger partial charge in [-0.2, -0.15) is 0 Å². The predicted molar refractivity (Wildman–Crippen MR) is 135 cm³/mol. The number of rotatable bonds is 9. The summed E-state index contributed by atoms with van der Waals surface area (Å²) in [5.74, 6) is -0.415. The molecule has 2 rings (SSSR count). The molecule has 194 valence electrons. The van der Waals surface area contributed by atoms with Crippen molar-refractivity contribution in [3.8, 4) is 11.5 Å². The van der Waals surface area contributed by atoms with Crippen LogP contribution in [0.2, 0.25) is 20.1 Å². The van der Waals surface area contributed by atoms with E-state index in [9.17, 15) is 20.4 Å². The largest absolute Gasteiger partial charge is 4.00 e. The van der Waals surface area contributed by atoms with Gasteiger partial charge in [-0.25, -0.2) is 0 Å². The number of hydrogen-bond donors (Lipinski definition) is 0. The van der Waals surface area contributed by atoms with Gasteiger partial charge in [0.25, 0.3) is 0 Å². The summed E-state index contributed by atoms with van der Waals surface area (Å²) < 4.78 is 0. The van der Waals surface area contributed by atoms with Crippen LogP contribution in [-0.4, -0.2) is 50.2 Å². The Hall–Kier alpha value is -0.246. The fourth-order valence-corrected chi connectivity index (χ4v) is 3.61. The molecule has 0 aliphatic carbocycles. The summed E-state index contributed by atoms with van der Waals surface area (Å²) >= 11 is 23.7. The molecule has 35 heavy (non-hydrogen) atoms. The Labute approximate surface area is 244 Å². The maximum atomic E-state index is 12.0. The van der Waals surface area contributed by atoms with Gasteiger partial charge in [0.1, 0.15) is 0 Å². The molecule has 0 atom stereocenters. The number of halogens is 4. The van der Waals surface area contributed by atoms with Gasteiger partial charge < -0.3 is 30.2 Å². The summed E-state index contributed by atoms with van der Waals surface area (Å²) in [6, 6.07) is 6.15. The van der Waals surface area contributed by atoms with E-state index in [0.717, 1.165) is 12.8 Å². The van der Waals surface area contributed by atoms with Crippen LogP contribution in [0.15, 0.2) is 24.3 Å². The van der Waals surface area contributed by atoms with E-state index in [1.165, 1.54) is 12.1 Å². The van der Waals surface area contributed by atoms with E-state index in [1.807, 2.05) is 37.7 Å². The molecule has 0 amide bonds. The molecule has 2 aromatic carbocycles. The first-order valence-corrected chi connectivity index (χ1v) is 12.3. The molecule has 0 N–H and O–H groups in total. The summed E-state index contributed by atoms with van der Waals surface area (Å²) in [6.07, 6.45) is 1.53. The van der Waals surface area contributed by atoms with Crippen molar-refractivity contribution in [3.63, 3.8) is 0 Å². The van der Waals surface area contributed by atoms with Gasteiger partial charge in [0, 0.05) is 46.3 Å². The zero-order valence-corrected chi connectivity index (χ0v) is 25.1. The molecule has 0 unspecified atom stereocenters. The Morgan fingerprint density at radius 1 is 0.657 bits per heavy atom. The van der Waals surface area contributed by atoms with Crippen LogP contribution in [0.25, 0.3) is 0 Å². The Morgan fingerprint density at radius 3 is 1.20 bits per heavy atom. The molecule has 0 spiro atoms. The van der Waals surface area contributed by atoms with Crippen LogP contribution >= 0.6 is 46.4 Å². The fraction of sp³-hybridized carbons (Fsp3) is 0.500. The quantitative estimate of drug-likeness (QED) is 0.408. The molecule has 0 fully saturated rings. The van der Waals surface area contributed by atoms with Crippen molar-refractivity contribution in [2.45, 2.75) is 39.8 Å². The van der Waals surface area contributed by atoms with Crippen LogP contribution in [0.1, 0.15) is 37.8 Å². The van der Waals surface area contributed by atoms with Crippen molar-refractivity contribution in [1.82, 2.24) is 9.80 Å². The van der Waals surface area contributed by atoms with Gasteiger partial charge in [-0.1, -0.05) is 84.6 Å². The molecule has 0 aliphatic rings. The molecule has 2 aromatic rings. The topological polar surface area (TPSA) is 98.7 Å². The molecule has 0 radical (unpaired) electrons. The second kappa shape index (κ2) is 20.8. The number of likely N-dealkylation sites (N-methyl/N-ethyl adjacent to an activating group) is 2. The van der Waals surface area contributed by atoms with E-state index in [2.05, 4.69) is 0 Å². The maximum Gasteiger partial charge on any atom is 4.00 e. The maximum absolute atomic E-state index is 12.0. The molecule has 11 heteroatoms. The third-order valence-electron chi connectivity index (χ3n) is 4.32. The van der Waals surface area contributed by atoms with Crippen molar-refractivity contribution in [2.24, 2.45) is 0 Å². The first kappa shape index (κ1) is 36.9. The van der Waals surface area contributed by atoms with Gasteiger partial charge in [0.05, 0.1) is 0 Å². The number of hydrogen-bond acceptors (Lipinski definition) is 6. The van der Waals surface area contributed by atoms with E-state index in [4.69, 9.17) is 46.4 Å². The van der Waals surface area contributed by atoms with Gasteiger partial charge in [0.2, 0.25) is 0 Å².